The maximum Gasteiger partial charge on any atom is 0.121 e. The van der Waals surface area contributed by atoms with Crippen LogP contribution in [0.2, 0.25) is 0 Å². The van der Waals surface area contributed by atoms with Crippen LogP contribution in [0, 0.1) is 11.8 Å². The first kappa shape index (κ1) is 14.6. The van der Waals surface area contributed by atoms with E-state index in [1.807, 2.05) is 0 Å². The van der Waals surface area contributed by atoms with Gasteiger partial charge in [-0.15, -0.1) is 0 Å². The molecule has 0 spiro atoms. The summed E-state index contributed by atoms with van der Waals surface area (Å²) >= 11 is 0. The highest BCUT2D eigenvalue weighted by Crippen LogP contribution is 2.13. The molecule has 1 atom stereocenters. The summed E-state index contributed by atoms with van der Waals surface area (Å²) in [6.45, 7) is 13.3. The van der Waals surface area contributed by atoms with Gasteiger partial charge in [-0.3, -0.25) is 4.90 Å². The molecule has 0 rings (SSSR count). The standard InChI is InChI=1S/C13H27NO/c1-6-13(7-8-15)14(9-11(2)3)10-12(4)5/h8,11-13H,6-7,9-10H2,1-5H3. The van der Waals surface area contributed by atoms with Crippen molar-refractivity contribution < 1.29 is 4.79 Å². The Morgan fingerprint density at radius 1 is 1.07 bits per heavy atom. The molecular weight excluding hydrogens is 186 g/mol. The molecule has 0 N–H and O–H groups in total. The van der Waals surface area contributed by atoms with Crippen molar-refractivity contribution in [1.82, 2.24) is 4.90 Å². The largest absolute Gasteiger partial charge is 0.303 e. The van der Waals surface area contributed by atoms with E-state index in [1.54, 1.807) is 0 Å². The quantitative estimate of drug-likeness (QED) is 0.578. The molecule has 0 aromatic heterocycles. The lowest BCUT2D eigenvalue weighted by molar-refractivity contribution is -0.109. The van der Waals surface area contributed by atoms with Gasteiger partial charge in [0.1, 0.15) is 6.29 Å². The molecular formula is C13H27NO. The van der Waals surface area contributed by atoms with Gasteiger partial charge in [0.2, 0.25) is 0 Å². The van der Waals surface area contributed by atoms with E-state index in [1.165, 1.54) is 0 Å². The Kier molecular flexibility index (Phi) is 7.67. The third kappa shape index (κ3) is 6.67. The van der Waals surface area contributed by atoms with E-state index in [0.717, 1.165) is 25.8 Å². The molecule has 0 aromatic carbocycles. The average Bonchev–Trinajstić information content (AvgIpc) is 2.11. The minimum atomic E-state index is 0.437. The van der Waals surface area contributed by atoms with Crippen molar-refractivity contribution in [2.75, 3.05) is 13.1 Å². The molecule has 0 aliphatic heterocycles. The van der Waals surface area contributed by atoms with E-state index in [2.05, 4.69) is 39.5 Å². The molecule has 0 saturated heterocycles. The third-order valence-corrected chi connectivity index (χ3v) is 2.56. The van der Waals surface area contributed by atoms with Gasteiger partial charge in [0, 0.05) is 25.6 Å². The van der Waals surface area contributed by atoms with Gasteiger partial charge in [0.15, 0.2) is 0 Å². The van der Waals surface area contributed by atoms with Crippen molar-refractivity contribution in [3.63, 3.8) is 0 Å². The summed E-state index contributed by atoms with van der Waals surface area (Å²) in [6.07, 6.45) is 2.80. The third-order valence-electron chi connectivity index (χ3n) is 2.56. The van der Waals surface area contributed by atoms with Crippen LogP contribution in [0.4, 0.5) is 0 Å². The smallest absolute Gasteiger partial charge is 0.121 e. The monoisotopic (exact) mass is 213 g/mol. The van der Waals surface area contributed by atoms with E-state index in [0.29, 0.717) is 24.3 Å². The zero-order valence-electron chi connectivity index (χ0n) is 11.0. The van der Waals surface area contributed by atoms with Crippen LogP contribution in [-0.2, 0) is 4.79 Å². The Morgan fingerprint density at radius 2 is 1.53 bits per heavy atom. The fourth-order valence-electron chi connectivity index (χ4n) is 2.00. The minimum absolute atomic E-state index is 0.437. The first-order chi connectivity index (χ1) is 7.01. The zero-order valence-corrected chi connectivity index (χ0v) is 11.0. The Bertz CT molecular complexity index is 156. The average molecular weight is 213 g/mol. The van der Waals surface area contributed by atoms with Crippen LogP contribution in [-0.4, -0.2) is 30.3 Å². The summed E-state index contributed by atoms with van der Waals surface area (Å²) < 4.78 is 0. The van der Waals surface area contributed by atoms with Gasteiger partial charge in [-0.1, -0.05) is 34.6 Å². The summed E-state index contributed by atoms with van der Waals surface area (Å²) in [5.74, 6) is 1.34. The van der Waals surface area contributed by atoms with Gasteiger partial charge in [0.05, 0.1) is 0 Å². The molecule has 0 radical (unpaired) electrons. The fraction of sp³-hybridized carbons (Fsp3) is 0.923. The van der Waals surface area contributed by atoms with Gasteiger partial charge >= 0.3 is 0 Å². The summed E-state index contributed by atoms with van der Waals surface area (Å²) in [5.41, 5.74) is 0. The molecule has 0 amide bonds. The predicted molar refractivity (Wildman–Crippen MR) is 66.0 cm³/mol. The second kappa shape index (κ2) is 7.86. The van der Waals surface area contributed by atoms with Crippen LogP contribution in [0.15, 0.2) is 0 Å². The Balaban J connectivity index is 4.34. The second-order valence-electron chi connectivity index (χ2n) is 5.21. The van der Waals surface area contributed by atoms with Crippen LogP contribution in [0.5, 0.6) is 0 Å². The second-order valence-corrected chi connectivity index (χ2v) is 5.21. The lowest BCUT2D eigenvalue weighted by atomic mass is 10.1. The van der Waals surface area contributed by atoms with Crippen LogP contribution in [0.3, 0.4) is 0 Å². The predicted octanol–water partition coefficient (Wildman–Crippen LogP) is 2.97. The van der Waals surface area contributed by atoms with Crippen molar-refractivity contribution in [3.8, 4) is 0 Å². The van der Waals surface area contributed by atoms with Crippen LogP contribution < -0.4 is 0 Å². The molecule has 0 bridgehead atoms. The molecule has 2 nitrogen and oxygen atoms in total. The van der Waals surface area contributed by atoms with E-state index in [9.17, 15) is 4.79 Å². The number of nitrogens with zero attached hydrogens (tertiary/aromatic N) is 1. The lowest BCUT2D eigenvalue weighted by Crippen LogP contribution is -2.40. The molecule has 1 unspecified atom stereocenters. The van der Waals surface area contributed by atoms with Crippen molar-refractivity contribution in [2.24, 2.45) is 11.8 Å². The van der Waals surface area contributed by atoms with Crippen molar-refractivity contribution in [2.45, 2.75) is 53.5 Å². The maximum absolute atomic E-state index is 10.6. The number of carbonyl (C=O) groups is 1. The normalized spacial score (nSPS) is 13.9. The van der Waals surface area contributed by atoms with Crippen LogP contribution in [0.25, 0.3) is 0 Å². The van der Waals surface area contributed by atoms with Gasteiger partial charge in [-0.2, -0.15) is 0 Å². The number of aldehydes is 1. The van der Waals surface area contributed by atoms with E-state index in [-0.39, 0.29) is 0 Å². The molecule has 0 aromatic rings. The number of hydrogen-bond acceptors (Lipinski definition) is 2. The minimum Gasteiger partial charge on any atom is -0.303 e. The zero-order chi connectivity index (χ0) is 11.8. The number of hydrogen-bond donors (Lipinski definition) is 0. The van der Waals surface area contributed by atoms with E-state index >= 15 is 0 Å². The fourth-order valence-corrected chi connectivity index (χ4v) is 2.00. The van der Waals surface area contributed by atoms with Gasteiger partial charge in [-0.05, 0) is 18.3 Å². The lowest BCUT2D eigenvalue weighted by Gasteiger charge is -2.32. The number of rotatable bonds is 8. The molecule has 0 aliphatic rings. The van der Waals surface area contributed by atoms with Crippen LogP contribution in [0.1, 0.15) is 47.5 Å². The van der Waals surface area contributed by atoms with Crippen molar-refractivity contribution >= 4 is 6.29 Å². The maximum atomic E-state index is 10.6. The summed E-state index contributed by atoms with van der Waals surface area (Å²) in [5, 5.41) is 0. The van der Waals surface area contributed by atoms with Crippen molar-refractivity contribution in [3.05, 3.63) is 0 Å². The highest BCUT2D eigenvalue weighted by molar-refractivity contribution is 5.50. The van der Waals surface area contributed by atoms with Gasteiger partial charge in [0.25, 0.3) is 0 Å². The van der Waals surface area contributed by atoms with Gasteiger partial charge < -0.3 is 4.79 Å². The Labute approximate surface area is 95.0 Å². The molecule has 2 heteroatoms. The highest BCUT2D eigenvalue weighted by atomic mass is 16.1. The Hall–Kier alpha value is -0.370. The summed E-state index contributed by atoms with van der Waals surface area (Å²) in [7, 11) is 0. The highest BCUT2D eigenvalue weighted by Gasteiger charge is 2.18. The van der Waals surface area contributed by atoms with Gasteiger partial charge in [-0.25, -0.2) is 0 Å². The van der Waals surface area contributed by atoms with Crippen molar-refractivity contribution in [1.29, 1.82) is 0 Å². The topological polar surface area (TPSA) is 20.3 Å². The molecule has 15 heavy (non-hydrogen) atoms. The molecule has 0 fully saturated rings. The molecule has 0 aliphatic carbocycles. The van der Waals surface area contributed by atoms with E-state index in [4.69, 9.17) is 0 Å². The SMILES string of the molecule is CCC(CC=O)N(CC(C)C)CC(C)C. The molecule has 0 saturated carbocycles. The number of carbonyl (C=O) groups excluding carboxylic acids is 1. The summed E-state index contributed by atoms with van der Waals surface area (Å²) in [6, 6.07) is 0.437. The summed E-state index contributed by atoms with van der Waals surface area (Å²) in [4.78, 5) is 13.1. The molecule has 0 heterocycles. The first-order valence-corrected chi connectivity index (χ1v) is 6.18. The van der Waals surface area contributed by atoms with Crippen LogP contribution >= 0.6 is 0 Å². The first-order valence-electron chi connectivity index (χ1n) is 6.18. The van der Waals surface area contributed by atoms with E-state index < -0.39 is 0 Å². The Morgan fingerprint density at radius 3 is 1.80 bits per heavy atom. The molecule has 90 valence electrons.